The summed E-state index contributed by atoms with van der Waals surface area (Å²) in [5.41, 5.74) is 6.71. The Bertz CT molecular complexity index is 666. The van der Waals surface area contributed by atoms with E-state index in [0.29, 0.717) is 0 Å². The fourth-order valence-electron chi connectivity index (χ4n) is 3.04. The summed E-state index contributed by atoms with van der Waals surface area (Å²) in [5, 5.41) is 0. The zero-order chi connectivity index (χ0) is 17.5. The fourth-order valence-corrected chi connectivity index (χ4v) is 4.87. The first-order valence-corrected chi connectivity index (χ1v) is 13.5. The van der Waals surface area contributed by atoms with Gasteiger partial charge < -0.3 is 4.90 Å². The van der Waals surface area contributed by atoms with Crippen molar-refractivity contribution in [3.05, 3.63) is 86.1 Å². The number of halogens is 2. The number of benzene rings is 2. The van der Waals surface area contributed by atoms with Gasteiger partial charge in [0.05, 0.1) is 0 Å². The molecule has 1 saturated heterocycles. The van der Waals surface area contributed by atoms with Crippen LogP contribution in [-0.2, 0) is 13.5 Å². The van der Waals surface area contributed by atoms with Gasteiger partial charge in [-0.1, -0.05) is 24.1 Å². The second kappa shape index (κ2) is 12.4. The molecule has 144 valence electrons. The summed E-state index contributed by atoms with van der Waals surface area (Å²) < 4.78 is 1.92. The molecule has 2 aromatic carbocycles. The maximum absolute atomic E-state index is 5.67. The molecule has 4 heteroatoms. The molecule has 2 aromatic rings. The number of hydrogen-bond donors (Lipinski definition) is 0. The molecule has 0 bridgehead atoms. The van der Waals surface area contributed by atoms with E-state index >= 15 is 0 Å². The minimum absolute atomic E-state index is 0. The molecule has 0 spiro atoms. The van der Waals surface area contributed by atoms with Gasteiger partial charge in [-0.2, -0.15) is 6.42 Å². The second-order valence-corrected chi connectivity index (χ2v) is 11.7. The molecule has 0 radical (unpaired) electrons. The Morgan fingerprint density at radius 3 is 2.04 bits per heavy atom. The molecular weight excluding hydrogens is 450 g/mol. The summed E-state index contributed by atoms with van der Waals surface area (Å²) in [6, 6.07) is 14.4. The number of rotatable bonds is 2. The van der Waals surface area contributed by atoms with Crippen LogP contribution in [0.15, 0.2) is 42.5 Å². The molecule has 1 nitrogen and oxygen atoms in total. The summed E-state index contributed by atoms with van der Waals surface area (Å²) in [7, 11) is 11.3. The van der Waals surface area contributed by atoms with Crippen LogP contribution in [0.2, 0.25) is 0 Å². The average molecular weight is 480 g/mol. The van der Waals surface area contributed by atoms with E-state index in [2.05, 4.69) is 44.3 Å². The molecule has 1 fully saturated rings. The Hall–Kier alpha value is -0.947. The van der Waals surface area contributed by atoms with Crippen LogP contribution in [0.25, 0.3) is 0 Å². The first kappa shape index (κ1) is 25.1. The zero-order valence-electron chi connectivity index (χ0n) is 16.4. The quantitative estimate of drug-likeness (QED) is 0.329. The summed E-state index contributed by atoms with van der Waals surface area (Å²) in [5.74, 6) is 0. The van der Waals surface area contributed by atoms with E-state index in [4.69, 9.17) is 19.4 Å². The van der Waals surface area contributed by atoms with E-state index in [1.807, 2.05) is 34.9 Å². The van der Waals surface area contributed by atoms with Gasteiger partial charge in [-0.05, 0) is 38.4 Å². The van der Waals surface area contributed by atoms with Gasteiger partial charge in [-0.3, -0.25) is 0 Å². The van der Waals surface area contributed by atoms with Crippen molar-refractivity contribution in [2.75, 3.05) is 11.4 Å². The molecule has 1 aliphatic heterocycles. The van der Waals surface area contributed by atoms with E-state index in [1.165, 1.54) is 41.8 Å². The standard InChI is InChI=1S/C13H18N.C7H6.2CH3.2ClH.Ru/c1-10-8-11(2)13(12(3)9-10)14-6-4-5-7-14;1-7-5-3-2-4-6-7;;;;;/h6,8-9H,4-5,7H2,1-3H3;1-6H;2*1H3;2*1H;/q-1;;2*+1;;;+2/p-2. The number of aryl methyl sites for hydroxylation is 3. The Balaban J connectivity index is 0.000000469. The van der Waals surface area contributed by atoms with E-state index < -0.39 is 13.5 Å². The van der Waals surface area contributed by atoms with Gasteiger partial charge in [0.15, 0.2) is 0 Å². The van der Waals surface area contributed by atoms with Crippen molar-refractivity contribution in [2.24, 2.45) is 0 Å². The van der Waals surface area contributed by atoms with E-state index in [9.17, 15) is 0 Å². The topological polar surface area (TPSA) is 3.24 Å². The Morgan fingerprint density at radius 2 is 1.58 bits per heavy atom. The van der Waals surface area contributed by atoms with Crippen LogP contribution < -0.4 is 4.90 Å². The number of anilines is 1. The van der Waals surface area contributed by atoms with Gasteiger partial charge in [0.2, 0.25) is 0 Å². The molecule has 26 heavy (non-hydrogen) atoms. The van der Waals surface area contributed by atoms with Crippen LogP contribution in [0.3, 0.4) is 0 Å². The Labute approximate surface area is 173 Å². The third kappa shape index (κ3) is 7.74. The van der Waals surface area contributed by atoms with Crippen LogP contribution >= 0.6 is 19.4 Å². The van der Waals surface area contributed by atoms with Gasteiger partial charge in [0.1, 0.15) is 0 Å². The van der Waals surface area contributed by atoms with Crippen LogP contribution in [-0.4, -0.2) is 11.2 Å². The van der Waals surface area contributed by atoms with Gasteiger partial charge in [-0.15, -0.1) is 0 Å². The van der Waals surface area contributed by atoms with E-state index in [1.54, 1.807) is 0 Å². The van der Waals surface area contributed by atoms with E-state index in [-0.39, 0.29) is 14.9 Å². The molecule has 1 aliphatic rings. The molecule has 0 saturated carbocycles. The number of hydrogen-bond acceptors (Lipinski definition) is 1. The molecule has 0 aliphatic carbocycles. The van der Waals surface area contributed by atoms with Crippen molar-refractivity contribution < 1.29 is 13.5 Å². The van der Waals surface area contributed by atoms with Crippen LogP contribution in [0.1, 0.15) is 35.1 Å². The molecule has 0 unspecified atom stereocenters. The predicted molar refractivity (Wildman–Crippen MR) is 118 cm³/mol. The number of nitrogens with zero attached hydrogens (tertiary/aromatic N) is 1. The molecule has 0 amide bonds. The van der Waals surface area contributed by atoms with Crippen LogP contribution in [0, 0.1) is 42.2 Å². The fraction of sp³-hybridized carbons (Fsp3) is 0.273. The second-order valence-electron chi connectivity index (χ2n) is 5.98. The molecule has 0 N–H and O–H groups in total. The molecule has 3 rings (SSSR count). The molecule has 0 aromatic heterocycles. The van der Waals surface area contributed by atoms with Crippen LogP contribution in [0.4, 0.5) is 5.69 Å². The van der Waals surface area contributed by atoms with Gasteiger partial charge in [0, 0.05) is 20.5 Å². The SMILES string of the molecule is Cc1cc(C)c(N2[CH-]CCC2)c(C)c1.[CH3+].[CH3+].[Cl][Ru]([Cl])=[CH]c1ccccc1. The maximum atomic E-state index is 5.67. The zero-order valence-corrected chi connectivity index (χ0v) is 19.6. The normalized spacial score (nSPS) is 13.0. The molecule has 1 heterocycles. The monoisotopic (exact) mass is 480 g/mol. The van der Waals surface area contributed by atoms with Gasteiger partial charge in [-0.25, -0.2) is 6.54 Å². The van der Waals surface area contributed by atoms with Crippen molar-refractivity contribution >= 4 is 29.7 Å². The first-order valence-electron chi connectivity index (χ1n) is 8.03. The van der Waals surface area contributed by atoms with Crippen molar-refractivity contribution in [2.45, 2.75) is 33.6 Å². The van der Waals surface area contributed by atoms with Gasteiger partial charge in [0.25, 0.3) is 0 Å². The van der Waals surface area contributed by atoms with Crippen molar-refractivity contribution in [3.8, 4) is 0 Å². The van der Waals surface area contributed by atoms with Gasteiger partial charge >= 0.3 is 73.4 Å². The van der Waals surface area contributed by atoms with Crippen LogP contribution in [0.5, 0.6) is 0 Å². The average Bonchev–Trinajstić information content (AvgIpc) is 3.01. The van der Waals surface area contributed by atoms with Crippen molar-refractivity contribution in [3.63, 3.8) is 0 Å². The molecule has 0 atom stereocenters. The Kier molecular flexibility index (Phi) is 12.0. The van der Waals surface area contributed by atoms with Crippen molar-refractivity contribution in [1.82, 2.24) is 0 Å². The summed E-state index contributed by atoms with van der Waals surface area (Å²) >= 11 is -1.61. The summed E-state index contributed by atoms with van der Waals surface area (Å²) in [6.07, 6.45) is 2.53. The first-order chi connectivity index (χ1) is 11.5. The third-order valence-corrected chi connectivity index (χ3v) is 5.74. The third-order valence-electron chi connectivity index (χ3n) is 3.87. The van der Waals surface area contributed by atoms with E-state index in [0.717, 1.165) is 5.56 Å². The Morgan fingerprint density at radius 1 is 1.00 bits per heavy atom. The minimum atomic E-state index is -1.61. The summed E-state index contributed by atoms with van der Waals surface area (Å²) in [6.45, 7) is 10.1. The molecular formula is C22H30Cl2NRu+. The van der Waals surface area contributed by atoms with Crippen molar-refractivity contribution in [1.29, 1.82) is 0 Å². The predicted octanol–water partition coefficient (Wildman–Crippen LogP) is 7.04. The summed E-state index contributed by atoms with van der Waals surface area (Å²) in [4.78, 5) is 2.41.